The summed E-state index contributed by atoms with van der Waals surface area (Å²) >= 11 is 0. The molecule has 0 saturated carbocycles. The zero-order chi connectivity index (χ0) is 28.7. The van der Waals surface area contributed by atoms with Crippen molar-refractivity contribution in [2.45, 2.75) is 49.1 Å². The number of nitrogen functional groups attached to an aromatic ring is 1. The summed E-state index contributed by atoms with van der Waals surface area (Å²) < 4.78 is 20.9. The number of nitrogens with two attached hydrogens (primary N) is 1. The molecule has 4 aromatic rings. The lowest BCUT2D eigenvalue weighted by Gasteiger charge is -2.19. The van der Waals surface area contributed by atoms with Crippen LogP contribution < -0.4 is 11.2 Å². The Morgan fingerprint density at radius 3 is 2.10 bits per heavy atom. The fourth-order valence-corrected chi connectivity index (χ4v) is 4.72. The van der Waals surface area contributed by atoms with Gasteiger partial charge in [-0.15, -0.1) is 0 Å². The minimum Gasteiger partial charge on any atom is -0.394 e. The van der Waals surface area contributed by atoms with E-state index in [9.17, 15) is 20.4 Å². The topological polar surface area (TPSA) is 258 Å². The Kier molecular flexibility index (Phi) is 7.75. The summed E-state index contributed by atoms with van der Waals surface area (Å²) in [6.45, 7) is -0.700. The number of hydrogen-bond acceptors (Lipinski definition) is 15. The maximum Gasteiger partial charge on any atom is 0.167 e. The summed E-state index contributed by atoms with van der Waals surface area (Å²) in [6.07, 6.45) is -1.40. The number of fused-ring (bicyclic) bond motifs is 2. The Balaban J connectivity index is 0.000000161. The maximum absolute atomic E-state index is 10.0. The minimum absolute atomic E-state index is 0.181. The van der Waals surface area contributed by atoms with Gasteiger partial charge in [0.05, 0.1) is 32.2 Å². The van der Waals surface area contributed by atoms with E-state index in [4.69, 9.17) is 30.5 Å². The molecule has 0 amide bonds. The van der Waals surface area contributed by atoms with E-state index in [1.807, 2.05) is 0 Å². The molecule has 18 heteroatoms. The summed E-state index contributed by atoms with van der Waals surface area (Å²) in [5, 5.41) is 56.0. The molecule has 0 aliphatic carbocycles. The van der Waals surface area contributed by atoms with Gasteiger partial charge in [0, 0.05) is 14.2 Å². The fraction of sp³-hybridized carbons (Fsp3) is 0.545. The van der Waals surface area contributed by atoms with E-state index in [0.717, 1.165) is 0 Å². The van der Waals surface area contributed by atoms with Crippen molar-refractivity contribution >= 4 is 28.1 Å². The molecule has 40 heavy (non-hydrogen) atoms. The van der Waals surface area contributed by atoms with Gasteiger partial charge >= 0.3 is 0 Å². The number of nitrogens with zero attached hydrogens (tertiary/aromatic N) is 8. The van der Waals surface area contributed by atoms with E-state index in [2.05, 4.69) is 24.9 Å². The number of aliphatic hydroxyl groups excluding tert-OH is 5. The number of aryl methyl sites for hydroxylation is 1. The Hall–Kier alpha value is -3.62. The number of imidazole rings is 2. The number of anilines is 1. The monoisotopic (exact) mass is 562 g/mol. The number of aromatic nitrogens is 8. The first-order chi connectivity index (χ1) is 19.2. The Morgan fingerprint density at radius 1 is 0.850 bits per heavy atom. The highest BCUT2D eigenvalue weighted by molar-refractivity contribution is 5.81. The average molecular weight is 563 g/mol. The Bertz CT molecular complexity index is 1540. The third-order valence-corrected chi connectivity index (χ3v) is 6.92. The van der Waals surface area contributed by atoms with Crippen molar-refractivity contribution in [3.05, 3.63) is 30.8 Å². The van der Waals surface area contributed by atoms with Crippen molar-refractivity contribution in [1.82, 2.24) is 38.6 Å². The van der Waals surface area contributed by atoms with Gasteiger partial charge in [-0.25, -0.2) is 24.9 Å². The molecule has 2 saturated heterocycles. The average Bonchev–Trinajstić information content (AvgIpc) is 3.71. The van der Waals surface area contributed by atoms with E-state index in [-0.39, 0.29) is 17.9 Å². The SMILES string of the molecule is CO[C@@H]1[C@H](O)[C@@H](CO)O[C@H]1n1cnc2c(N)ncnc21.Cn1cnc2c(ncn2[C@@H]2O[C@H](CO)[C@@H](O)[C@H]2O)c1=N. The molecule has 0 unspecified atom stereocenters. The minimum atomic E-state index is -1.20. The first kappa shape index (κ1) is 27.9. The summed E-state index contributed by atoms with van der Waals surface area (Å²) in [5.41, 5.74) is 7.59. The van der Waals surface area contributed by atoms with Crippen LogP contribution in [0.5, 0.6) is 0 Å². The number of methoxy groups -OCH3 is 1. The first-order valence-corrected chi connectivity index (χ1v) is 12.2. The van der Waals surface area contributed by atoms with Crippen LogP contribution >= 0.6 is 0 Å². The normalized spacial score (nSPS) is 30.2. The smallest absolute Gasteiger partial charge is 0.167 e. The molecule has 0 radical (unpaired) electrons. The van der Waals surface area contributed by atoms with E-state index in [1.165, 1.54) is 41.6 Å². The van der Waals surface area contributed by atoms with Crippen LogP contribution in [0.1, 0.15) is 12.5 Å². The van der Waals surface area contributed by atoms with Crippen LogP contribution in [0.3, 0.4) is 0 Å². The van der Waals surface area contributed by atoms with Gasteiger partial charge in [-0.05, 0) is 0 Å². The lowest BCUT2D eigenvalue weighted by Crippen LogP contribution is -2.34. The van der Waals surface area contributed by atoms with Gasteiger partial charge < -0.3 is 50.0 Å². The zero-order valence-electron chi connectivity index (χ0n) is 21.5. The summed E-state index contributed by atoms with van der Waals surface area (Å²) in [5.74, 6) is 0.264. The second-order valence-electron chi connectivity index (χ2n) is 9.28. The van der Waals surface area contributed by atoms with Gasteiger partial charge in [0.1, 0.15) is 54.0 Å². The molecule has 216 valence electrons. The second-order valence-corrected chi connectivity index (χ2v) is 9.28. The Morgan fingerprint density at radius 2 is 1.45 bits per heavy atom. The molecular weight excluding hydrogens is 532 g/mol. The van der Waals surface area contributed by atoms with E-state index < -0.39 is 55.7 Å². The van der Waals surface area contributed by atoms with Gasteiger partial charge in [0.2, 0.25) is 0 Å². The lowest BCUT2D eigenvalue weighted by molar-refractivity contribution is -0.0583. The summed E-state index contributed by atoms with van der Waals surface area (Å²) in [4.78, 5) is 20.4. The molecule has 0 aromatic carbocycles. The molecule has 8 atom stereocenters. The summed E-state index contributed by atoms with van der Waals surface area (Å²) in [7, 11) is 3.15. The molecule has 2 fully saturated rings. The van der Waals surface area contributed by atoms with Crippen LogP contribution in [-0.2, 0) is 21.3 Å². The lowest BCUT2D eigenvalue weighted by atomic mass is 10.1. The van der Waals surface area contributed by atoms with Crippen molar-refractivity contribution in [2.75, 3.05) is 26.1 Å². The molecule has 0 spiro atoms. The van der Waals surface area contributed by atoms with E-state index >= 15 is 0 Å². The molecule has 2 aliphatic rings. The first-order valence-electron chi connectivity index (χ1n) is 12.2. The van der Waals surface area contributed by atoms with Crippen LogP contribution in [0.15, 0.2) is 25.3 Å². The summed E-state index contributed by atoms with van der Waals surface area (Å²) in [6, 6.07) is 0. The molecule has 2 aliphatic heterocycles. The van der Waals surface area contributed by atoms with Crippen molar-refractivity contribution in [1.29, 1.82) is 5.41 Å². The number of ether oxygens (including phenoxy) is 3. The van der Waals surface area contributed by atoms with Gasteiger partial charge in [0.15, 0.2) is 35.1 Å². The molecule has 4 aromatic heterocycles. The number of rotatable bonds is 5. The molecular formula is C22H30N10O8. The standard InChI is InChI=1S/2C11H15N5O4/c1-15-3-14-10-6(9(15)12)13-4-16(10)11-8(19)7(18)5(2-17)20-11;1-19-8-7(18)5(2-17)20-11(8)16-4-15-6-9(12)13-3-14-10(6)16/h3-5,7-8,11-12,17-19H,2H2,1H3;3-5,7-8,11,17-18H,2H2,1H3,(H2,12,13,14)/t2*5-,7-,8-,11-/m11/s1. The van der Waals surface area contributed by atoms with Gasteiger partial charge in [0.25, 0.3) is 0 Å². The molecule has 18 nitrogen and oxygen atoms in total. The van der Waals surface area contributed by atoms with Crippen LogP contribution in [0.25, 0.3) is 22.3 Å². The highest BCUT2D eigenvalue weighted by Gasteiger charge is 2.45. The van der Waals surface area contributed by atoms with Crippen LogP contribution in [0.2, 0.25) is 0 Å². The number of hydrogen-bond donors (Lipinski definition) is 7. The maximum atomic E-state index is 10.0. The number of nitrogens with one attached hydrogen (secondary N) is 1. The van der Waals surface area contributed by atoms with Gasteiger partial charge in [-0.1, -0.05) is 0 Å². The van der Waals surface area contributed by atoms with Crippen LogP contribution in [0.4, 0.5) is 5.82 Å². The van der Waals surface area contributed by atoms with Crippen molar-refractivity contribution < 1.29 is 39.7 Å². The van der Waals surface area contributed by atoms with Crippen LogP contribution in [0, 0.1) is 5.41 Å². The van der Waals surface area contributed by atoms with Crippen molar-refractivity contribution in [2.24, 2.45) is 7.05 Å². The molecule has 6 heterocycles. The quantitative estimate of drug-likeness (QED) is 0.125. The van der Waals surface area contributed by atoms with E-state index in [1.54, 1.807) is 11.6 Å². The highest BCUT2D eigenvalue weighted by Crippen LogP contribution is 2.33. The van der Waals surface area contributed by atoms with Crippen molar-refractivity contribution in [3.63, 3.8) is 0 Å². The fourth-order valence-electron chi connectivity index (χ4n) is 4.72. The third-order valence-electron chi connectivity index (χ3n) is 6.92. The highest BCUT2D eigenvalue weighted by atomic mass is 16.6. The number of aliphatic hydroxyl groups is 5. The molecule has 0 bridgehead atoms. The van der Waals surface area contributed by atoms with Gasteiger partial charge in [-0.3, -0.25) is 14.5 Å². The van der Waals surface area contributed by atoms with Crippen LogP contribution in [-0.4, -0.2) is 121 Å². The zero-order valence-corrected chi connectivity index (χ0v) is 21.5. The molecule has 6 rings (SSSR count). The van der Waals surface area contributed by atoms with E-state index in [0.29, 0.717) is 22.3 Å². The molecule has 8 N–H and O–H groups in total. The van der Waals surface area contributed by atoms with Gasteiger partial charge in [-0.2, -0.15) is 0 Å². The predicted molar refractivity (Wildman–Crippen MR) is 133 cm³/mol. The Labute approximate surface area is 225 Å². The largest absolute Gasteiger partial charge is 0.394 e. The second kappa shape index (κ2) is 11.1. The third kappa shape index (κ3) is 4.59. The predicted octanol–water partition coefficient (Wildman–Crippen LogP) is -3.47. The van der Waals surface area contributed by atoms with Crippen molar-refractivity contribution in [3.8, 4) is 0 Å².